The number of nitrogens with zero attached hydrogens (tertiary/aromatic N) is 1. The number of carbonyl (C=O) groups excluding carboxylic acids is 2. The molecule has 2 amide bonds. The van der Waals surface area contributed by atoms with Crippen LogP contribution in [-0.2, 0) is 14.9 Å². The van der Waals surface area contributed by atoms with Crippen molar-refractivity contribution in [3.63, 3.8) is 0 Å². The Hall–Kier alpha value is -1.75. The number of amides is 2. The Kier molecular flexibility index (Phi) is 4.25. The molecule has 0 unspecified atom stereocenters. The third-order valence-corrected chi connectivity index (χ3v) is 4.56. The number of nitrogens with one attached hydrogen (secondary N) is 1. The first-order chi connectivity index (χ1) is 10.6. The predicted octanol–water partition coefficient (Wildman–Crippen LogP) is 2.33. The minimum Gasteiger partial charge on any atom is -0.449 e. The van der Waals surface area contributed by atoms with E-state index in [0.717, 1.165) is 24.8 Å². The first kappa shape index (κ1) is 15.2. The fraction of sp³-hybridized carbons (Fsp3) is 0.500. The maximum Gasteiger partial charge on any atom is 0.409 e. The quantitative estimate of drug-likeness (QED) is 0.905. The van der Waals surface area contributed by atoms with Crippen molar-refractivity contribution in [2.75, 3.05) is 26.2 Å². The highest BCUT2D eigenvalue weighted by atomic mass is 35.5. The van der Waals surface area contributed by atoms with Gasteiger partial charge in [-0.3, -0.25) is 4.79 Å². The van der Waals surface area contributed by atoms with Crippen LogP contribution in [0.3, 0.4) is 0 Å². The summed E-state index contributed by atoms with van der Waals surface area (Å²) < 4.78 is 4.97. The predicted molar refractivity (Wildman–Crippen MR) is 82.9 cm³/mol. The van der Waals surface area contributed by atoms with Crippen LogP contribution in [-0.4, -0.2) is 43.1 Å². The molecule has 1 aliphatic carbocycles. The van der Waals surface area contributed by atoms with E-state index in [1.807, 2.05) is 24.3 Å². The number of benzene rings is 1. The molecule has 118 valence electrons. The summed E-state index contributed by atoms with van der Waals surface area (Å²) in [5.74, 6) is 0.0280. The molecule has 1 aliphatic heterocycles. The number of ether oxygens (including phenoxy) is 1. The molecule has 1 saturated heterocycles. The molecular formula is C16H19ClN2O3. The highest BCUT2D eigenvalue weighted by Gasteiger charge is 2.51. The van der Waals surface area contributed by atoms with E-state index in [2.05, 4.69) is 5.32 Å². The monoisotopic (exact) mass is 322 g/mol. The zero-order chi connectivity index (χ0) is 15.6. The Balaban J connectivity index is 1.53. The van der Waals surface area contributed by atoms with Crippen molar-refractivity contribution < 1.29 is 14.3 Å². The largest absolute Gasteiger partial charge is 0.449 e. The SMILES string of the molecule is O=C1OCCCN1CCNC(=O)C1(c2ccc(Cl)cc2)CC1. The van der Waals surface area contributed by atoms with Gasteiger partial charge in [-0.15, -0.1) is 0 Å². The Morgan fingerprint density at radius 1 is 1.32 bits per heavy atom. The van der Waals surface area contributed by atoms with E-state index in [-0.39, 0.29) is 12.0 Å². The Labute approximate surface area is 134 Å². The van der Waals surface area contributed by atoms with E-state index in [4.69, 9.17) is 16.3 Å². The van der Waals surface area contributed by atoms with Gasteiger partial charge in [-0.1, -0.05) is 23.7 Å². The number of rotatable bonds is 5. The lowest BCUT2D eigenvalue weighted by Gasteiger charge is -2.26. The molecule has 1 N–H and O–H groups in total. The fourth-order valence-corrected chi connectivity index (χ4v) is 2.94. The molecule has 1 saturated carbocycles. The van der Waals surface area contributed by atoms with Crippen LogP contribution in [0, 0.1) is 0 Å². The van der Waals surface area contributed by atoms with Crippen LogP contribution >= 0.6 is 11.6 Å². The van der Waals surface area contributed by atoms with Crippen molar-refractivity contribution in [3.05, 3.63) is 34.9 Å². The highest BCUT2D eigenvalue weighted by Crippen LogP contribution is 2.48. The lowest BCUT2D eigenvalue weighted by Crippen LogP contribution is -2.44. The molecular weight excluding hydrogens is 304 g/mol. The molecule has 6 heteroatoms. The smallest absolute Gasteiger partial charge is 0.409 e. The van der Waals surface area contributed by atoms with Crippen molar-refractivity contribution in [1.82, 2.24) is 10.2 Å². The maximum atomic E-state index is 12.5. The summed E-state index contributed by atoms with van der Waals surface area (Å²) in [6.07, 6.45) is 2.26. The molecule has 0 spiro atoms. The summed E-state index contributed by atoms with van der Waals surface area (Å²) in [5, 5.41) is 3.61. The topological polar surface area (TPSA) is 58.6 Å². The second-order valence-electron chi connectivity index (χ2n) is 5.80. The molecule has 1 aromatic rings. The zero-order valence-corrected chi connectivity index (χ0v) is 13.1. The third-order valence-electron chi connectivity index (χ3n) is 4.30. The van der Waals surface area contributed by atoms with Crippen molar-refractivity contribution in [2.24, 2.45) is 0 Å². The van der Waals surface area contributed by atoms with Crippen LogP contribution in [0.2, 0.25) is 5.02 Å². The molecule has 0 aromatic heterocycles. The van der Waals surface area contributed by atoms with Gasteiger partial charge in [-0.05, 0) is 37.0 Å². The second kappa shape index (κ2) is 6.16. The van der Waals surface area contributed by atoms with Crippen LogP contribution in [0.5, 0.6) is 0 Å². The van der Waals surface area contributed by atoms with Crippen molar-refractivity contribution in [3.8, 4) is 0 Å². The lowest BCUT2D eigenvalue weighted by atomic mass is 9.95. The van der Waals surface area contributed by atoms with E-state index in [1.54, 1.807) is 4.90 Å². The van der Waals surface area contributed by atoms with Gasteiger partial charge in [0.15, 0.2) is 0 Å². The van der Waals surface area contributed by atoms with Crippen LogP contribution < -0.4 is 5.32 Å². The van der Waals surface area contributed by atoms with Crippen LogP contribution in [0.15, 0.2) is 24.3 Å². The van der Waals surface area contributed by atoms with Gasteiger partial charge < -0.3 is 15.0 Å². The molecule has 3 rings (SSSR count). The van der Waals surface area contributed by atoms with Crippen LogP contribution in [0.1, 0.15) is 24.8 Å². The molecule has 0 atom stereocenters. The molecule has 0 radical (unpaired) electrons. The van der Waals surface area contributed by atoms with Crippen molar-refractivity contribution in [1.29, 1.82) is 0 Å². The third kappa shape index (κ3) is 3.04. The van der Waals surface area contributed by atoms with Gasteiger partial charge in [-0.2, -0.15) is 0 Å². The normalized spacial score (nSPS) is 19.5. The molecule has 1 aromatic carbocycles. The van der Waals surface area contributed by atoms with Gasteiger partial charge in [0.05, 0.1) is 12.0 Å². The first-order valence-electron chi connectivity index (χ1n) is 7.58. The van der Waals surface area contributed by atoms with Gasteiger partial charge >= 0.3 is 6.09 Å². The van der Waals surface area contributed by atoms with Crippen molar-refractivity contribution >= 4 is 23.6 Å². The molecule has 22 heavy (non-hydrogen) atoms. The summed E-state index contributed by atoms with van der Waals surface area (Å²) in [6.45, 7) is 2.11. The number of halogens is 1. The first-order valence-corrected chi connectivity index (χ1v) is 7.96. The summed E-state index contributed by atoms with van der Waals surface area (Å²) in [5.41, 5.74) is 0.597. The average molecular weight is 323 g/mol. The van der Waals surface area contributed by atoms with Crippen LogP contribution in [0.25, 0.3) is 0 Å². The highest BCUT2D eigenvalue weighted by molar-refractivity contribution is 6.30. The molecule has 2 fully saturated rings. The molecule has 0 bridgehead atoms. The minimum absolute atomic E-state index is 0.0280. The van der Waals surface area contributed by atoms with E-state index < -0.39 is 5.41 Å². The van der Waals surface area contributed by atoms with Gasteiger partial charge in [-0.25, -0.2) is 4.79 Å². The molecule has 2 aliphatic rings. The summed E-state index contributed by atoms with van der Waals surface area (Å²) in [6, 6.07) is 7.45. The van der Waals surface area contributed by atoms with E-state index in [1.165, 1.54) is 0 Å². The number of hydrogen-bond donors (Lipinski definition) is 1. The Morgan fingerprint density at radius 3 is 2.68 bits per heavy atom. The molecule has 5 nitrogen and oxygen atoms in total. The van der Waals surface area contributed by atoms with Gasteiger partial charge in [0, 0.05) is 24.7 Å². The second-order valence-corrected chi connectivity index (χ2v) is 6.24. The van der Waals surface area contributed by atoms with E-state index in [9.17, 15) is 9.59 Å². The maximum absolute atomic E-state index is 12.5. The Morgan fingerprint density at radius 2 is 2.05 bits per heavy atom. The van der Waals surface area contributed by atoms with E-state index >= 15 is 0 Å². The average Bonchev–Trinajstić information content (AvgIpc) is 3.31. The molecule has 1 heterocycles. The number of cyclic esters (lactones) is 1. The van der Waals surface area contributed by atoms with Gasteiger partial charge in [0.25, 0.3) is 0 Å². The number of carbonyl (C=O) groups is 2. The zero-order valence-electron chi connectivity index (χ0n) is 12.3. The summed E-state index contributed by atoms with van der Waals surface area (Å²) in [7, 11) is 0. The summed E-state index contributed by atoms with van der Waals surface area (Å²) >= 11 is 5.90. The van der Waals surface area contributed by atoms with Crippen LogP contribution in [0.4, 0.5) is 4.79 Å². The van der Waals surface area contributed by atoms with Gasteiger partial charge in [0.1, 0.15) is 0 Å². The fourth-order valence-electron chi connectivity index (χ4n) is 2.81. The standard InChI is InChI=1S/C16H19ClN2O3/c17-13-4-2-12(3-5-13)16(6-7-16)14(20)18-8-10-19-9-1-11-22-15(19)21/h2-5H,1,6-11H2,(H,18,20). The van der Waals surface area contributed by atoms with Crippen molar-refractivity contribution in [2.45, 2.75) is 24.7 Å². The summed E-state index contributed by atoms with van der Waals surface area (Å²) in [4.78, 5) is 25.6. The van der Waals surface area contributed by atoms with E-state index in [0.29, 0.717) is 31.3 Å². The van der Waals surface area contributed by atoms with Gasteiger partial charge in [0.2, 0.25) is 5.91 Å². The number of hydrogen-bond acceptors (Lipinski definition) is 3. The lowest BCUT2D eigenvalue weighted by molar-refractivity contribution is -0.123. The minimum atomic E-state index is -0.410. The Bertz CT molecular complexity index is 569.